The quantitative estimate of drug-likeness (QED) is 0.217. The molecule has 1 amide bonds. The summed E-state index contributed by atoms with van der Waals surface area (Å²) in [6.45, 7) is 5.15. The van der Waals surface area contributed by atoms with Gasteiger partial charge in [-0.2, -0.15) is 0 Å². The van der Waals surface area contributed by atoms with Crippen LogP contribution in [0.2, 0.25) is 0 Å². The lowest BCUT2D eigenvalue weighted by molar-refractivity contribution is -0.148. The van der Waals surface area contributed by atoms with E-state index in [1.54, 1.807) is 26.9 Å². The molecule has 4 heterocycles. The Kier molecular flexibility index (Phi) is 7.12. The number of nitrogens with zero attached hydrogens (tertiary/aromatic N) is 3. The number of hydrogen-bond acceptors (Lipinski definition) is 8. The van der Waals surface area contributed by atoms with Crippen molar-refractivity contribution >= 4 is 56.5 Å². The van der Waals surface area contributed by atoms with Crippen molar-refractivity contribution in [2.24, 2.45) is 5.92 Å². The molecule has 0 N–H and O–H groups in total. The summed E-state index contributed by atoms with van der Waals surface area (Å²) in [6, 6.07) is 3.96. The van der Waals surface area contributed by atoms with Gasteiger partial charge in [-0.15, -0.1) is 29.3 Å². The maximum Gasteiger partial charge on any atom is 0.308 e. The Morgan fingerprint density at radius 3 is 2.78 bits per heavy atom. The third-order valence-corrected chi connectivity index (χ3v) is 8.20. The van der Waals surface area contributed by atoms with Gasteiger partial charge in [-0.05, 0) is 24.3 Å². The van der Waals surface area contributed by atoms with E-state index in [1.165, 1.54) is 30.2 Å². The number of ether oxygens (including phenoxy) is 1. The van der Waals surface area contributed by atoms with Gasteiger partial charge in [-0.25, -0.2) is 4.98 Å². The van der Waals surface area contributed by atoms with Gasteiger partial charge in [-0.3, -0.25) is 19.0 Å². The molecular formula is C22H23N3O4S3. The summed E-state index contributed by atoms with van der Waals surface area (Å²) in [4.78, 5) is 46.0. The number of thioether (sulfide) groups is 1. The minimum absolute atomic E-state index is 0.0248. The van der Waals surface area contributed by atoms with Crippen LogP contribution in [0.3, 0.4) is 0 Å². The minimum atomic E-state index is -0.213. The second-order valence-electron chi connectivity index (χ2n) is 7.37. The molecule has 1 aliphatic heterocycles. The Bertz CT molecular complexity index is 1190. The first-order chi connectivity index (χ1) is 15.5. The normalized spacial score (nSPS) is 14.6. The molecule has 0 aliphatic carbocycles. The van der Waals surface area contributed by atoms with Crippen LogP contribution in [0.25, 0.3) is 20.7 Å². The Labute approximate surface area is 197 Å². The van der Waals surface area contributed by atoms with Gasteiger partial charge in [0, 0.05) is 35.5 Å². The molecule has 3 aromatic rings. The molecule has 4 rings (SSSR count). The van der Waals surface area contributed by atoms with Crippen molar-refractivity contribution in [3.05, 3.63) is 45.9 Å². The summed E-state index contributed by atoms with van der Waals surface area (Å²) in [5.74, 6) is -0.199. The maximum atomic E-state index is 13.3. The minimum Gasteiger partial charge on any atom is -0.469 e. The van der Waals surface area contributed by atoms with Crippen LogP contribution in [0.5, 0.6) is 0 Å². The molecule has 3 aromatic heterocycles. The van der Waals surface area contributed by atoms with E-state index in [-0.39, 0.29) is 29.1 Å². The highest BCUT2D eigenvalue weighted by Gasteiger charge is 2.28. The number of piperidine rings is 1. The van der Waals surface area contributed by atoms with Crippen LogP contribution in [-0.2, 0) is 20.9 Å². The lowest BCUT2D eigenvalue weighted by Crippen LogP contribution is -2.41. The Balaban J connectivity index is 1.52. The van der Waals surface area contributed by atoms with Crippen molar-refractivity contribution in [3.63, 3.8) is 0 Å². The molecule has 168 valence electrons. The van der Waals surface area contributed by atoms with Gasteiger partial charge in [0.15, 0.2) is 5.16 Å². The van der Waals surface area contributed by atoms with Gasteiger partial charge < -0.3 is 9.64 Å². The Morgan fingerprint density at radius 2 is 2.12 bits per heavy atom. The molecule has 0 aromatic carbocycles. The first-order valence-electron chi connectivity index (χ1n) is 10.2. The van der Waals surface area contributed by atoms with Gasteiger partial charge in [0.2, 0.25) is 5.91 Å². The molecule has 10 heteroatoms. The summed E-state index contributed by atoms with van der Waals surface area (Å²) >= 11 is 4.29. The van der Waals surface area contributed by atoms with Crippen molar-refractivity contribution < 1.29 is 14.3 Å². The van der Waals surface area contributed by atoms with Crippen molar-refractivity contribution in [1.82, 2.24) is 14.5 Å². The van der Waals surface area contributed by atoms with Crippen LogP contribution in [0.4, 0.5) is 0 Å². The second-order valence-corrected chi connectivity index (χ2v) is 10.1. The van der Waals surface area contributed by atoms with E-state index in [0.29, 0.717) is 47.8 Å². The van der Waals surface area contributed by atoms with E-state index in [4.69, 9.17) is 9.72 Å². The number of hydrogen-bond donors (Lipinski definition) is 0. The van der Waals surface area contributed by atoms with Gasteiger partial charge >= 0.3 is 5.97 Å². The van der Waals surface area contributed by atoms with Crippen LogP contribution in [-0.4, -0.2) is 52.3 Å². The van der Waals surface area contributed by atoms with Gasteiger partial charge in [0.1, 0.15) is 4.83 Å². The number of carbonyl (C=O) groups excluding carboxylic acids is 2. The average molecular weight is 490 g/mol. The smallest absolute Gasteiger partial charge is 0.308 e. The van der Waals surface area contributed by atoms with E-state index in [9.17, 15) is 14.4 Å². The van der Waals surface area contributed by atoms with Gasteiger partial charge in [0.25, 0.3) is 5.56 Å². The third-order valence-electron chi connectivity index (χ3n) is 5.46. The molecule has 0 bridgehead atoms. The summed E-state index contributed by atoms with van der Waals surface area (Å²) in [5, 5.41) is 5.08. The zero-order valence-corrected chi connectivity index (χ0v) is 20.1. The SMILES string of the molecule is C=CCn1c(SCC(=O)N2CCC(C(=O)OC)CC2)nc2scc(-c3cccs3)c2c1=O. The molecule has 0 unspecified atom stereocenters. The van der Waals surface area contributed by atoms with E-state index < -0.39 is 0 Å². The first-order valence-corrected chi connectivity index (χ1v) is 12.9. The monoisotopic (exact) mass is 489 g/mol. The van der Waals surface area contributed by atoms with Crippen molar-refractivity contribution in [1.29, 1.82) is 0 Å². The highest BCUT2D eigenvalue weighted by molar-refractivity contribution is 7.99. The predicted octanol–water partition coefficient (Wildman–Crippen LogP) is 3.88. The highest BCUT2D eigenvalue weighted by Crippen LogP contribution is 2.34. The molecule has 0 saturated carbocycles. The number of esters is 1. The van der Waals surface area contributed by atoms with Crippen LogP contribution < -0.4 is 5.56 Å². The predicted molar refractivity (Wildman–Crippen MR) is 129 cm³/mol. The van der Waals surface area contributed by atoms with Crippen LogP contribution in [0.1, 0.15) is 12.8 Å². The summed E-state index contributed by atoms with van der Waals surface area (Å²) in [7, 11) is 1.39. The number of amides is 1. The fraction of sp³-hybridized carbons (Fsp3) is 0.364. The molecular weight excluding hydrogens is 466 g/mol. The molecule has 0 spiro atoms. The second kappa shape index (κ2) is 10.0. The molecule has 1 fully saturated rings. The number of fused-ring (bicyclic) bond motifs is 1. The number of likely N-dealkylation sites (tertiary alicyclic amines) is 1. The maximum absolute atomic E-state index is 13.3. The molecule has 1 aliphatic rings. The lowest BCUT2D eigenvalue weighted by Gasteiger charge is -2.30. The topological polar surface area (TPSA) is 81.5 Å². The van der Waals surface area contributed by atoms with Crippen molar-refractivity contribution in [2.45, 2.75) is 24.5 Å². The lowest BCUT2D eigenvalue weighted by atomic mass is 9.97. The third kappa shape index (κ3) is 4.53. The summed E-state index contributed by atoms with van der Waals surface area (Å²) in [6.07, 6.45) is 2.87. The number of rotatable bonds is 7. The number of methoxy groups -OCH3 is 1. The zero-order chi connectivity index (χ0) is 22.7. The number of aromatic nitrogens is 2. The molecule has 0 radical (unpaired) electrons. The van der Waals surface area contributed by atoms with Crippen molar-refractivity contribution in [3.8, 4) is 10.4 Å². The number of thiophene rings is 2. The number of allylic oxidation sites excluding steroid dienone is 1. The van der Waals surface area contributed by atoms with E-state index >= 15 is 0 Å². The standard InChI is InChI=1S/C22H23N3O4S3/c1-3-8-25-20(27)18-15(16-5-4-11-30-16)12-31-19(18)23-22(25)32-13-17(26)24-9-6-14(7-10-24)21(28)29-2/h3-5,11-12,14H,1,6-10,13H2,2H3. The Hall–Kier alpha value is -2.43. The Morgan fingerprint density at radius 1 is 1.34 bits per heavy atom. The number of carbonyl (C=O) groups is 2. The fourth-order valence-electron chi connectivity index (χ4n) is 3.77. The molecule has 32 heavy (non-hydrogen) atoms. The molecule has 1 saturated heterocycles. The van der Waals surface area contributed by atoms with Crippen LogP contribution in [0, 0.1) is 5.92 Å². The fourth-order valence-corrected chi connectivity index (χ4v) is 6.48. The molecule has 7 nitrogen and oxygen atoms in total. The first kappa shape index (κ1) is 22.8. The summed E-state index contributed by atoms with van der Waals surface area (Å²) < 4.78 is 6.39. The van der Waals surface area contributed by atoms with Crippen LogP contribution in [0.15, 0.2) is 45.5 Å². The van der Waals surface area contributed by atoms with Crippen LogP contribution >= 0.6 is 34.4 Å². The summed E-state index contributed by atoms with van der Waals surface area (Å²) in [5.41, 5.74) is 0.782. The van der Waals surface area contributed by atoms with E-state index in [0.717, 1.165) is 10.4 Å². The van der Waals surface area contributed by atoms with Gasteiger partial charge in [0.05, 0.1) is 24.2 Å². The van der Waals surface area contributed by atoms with E-state index in [1.807, 2.05) is 22.9 Å². The zero-order valence-electron chi connectivity index (χ0n) is 17.6. The largest absolute Gasteiger partial charge is 0.469 e. The van der Waals surface area contributed by atoms with Gasteiger partial charge in [-0.1, -0.05) is 23.9 Å². The average Bonchev–Trinajstić information content (AvgIpc) is 3.49. The van der Waals surface area contributed by atoms with Crippen molar-refractivity contribution in [2.75, 3.05) is 26.0 Å². The van der Waals surface area contributed by atoms with E-state index in [2.05, 4.69) is 6.58 Å². The highest BCUT2D eigenvalue weighted by atomic mass is 32.2. The molecule has 0 atom stereocenters.